The third-order valence-corrected chi connectivity index (χ3v) is 5.59. The highest BCUT2D eigenvalue weighted by Gasteiger charge is 2.29. The van der Waals surface area contributed by atoms with Crippen LogP contribution in [0.2, 0.25) is 0 Å². The summed E-state index contributed by atoms with van der Waals surface area (Å²) in [5, 5.41) is 4.19. The molecule has 170 valence electrons. The molecule has 0 bridgehead atoms. The molecule has 33 heavy (non-hydrogen) atoms. The summed E-state index contributed by atoms with van der Waals surface area (Å²) in [7, 11) is 0. The van der Waals surface area contributed by atoms with Gasteiger partial charge in [0, 0.05) is 29.1 Å². The van der Waals surface area contributed by atoms with E-state index in [4.69, 9.17) is 4.74 Å². The van der Waals surface area contributed by atoms with Crippen LogP contribution < -0.4 is 5.32 Å². The number of hydrogen-bond acceptors (Lipinski definition) is 2. The maximum atomic E-state index is 14.3. The molecular weight excluding hydrogens is 415 g/mol. The van der Waals surface area contributed by atoms with E-state index in [1.807, 2.05) is 81.6 Å². The van der Waals surface area contributed by atoms with Gasteiger partial charge in [-0.3, -0.25) is 0 Å². The van der Waals surface area contributed by atoms with E-state index >= 15 is 0 Å². The lowest BCUT2D eigenvalue weighted by molar-refractivity contribution is 0.0499. The minimum Gasteiger partial charge on any atom is -0.444 e. The maximum Gasteiger partial charge on any atom is 0.407 e. The molecule has 0 spiro atoms. The third-order valence-electron chi connectivity index (χ3n) is 5.59. The molecule has 1 aromatic heterocycles. The van der Waals surface area contributed by atoms with E-state index < -0.39 is 11.7 Å². The fraction of sp³-hybridized carbons (Fsp3) is 0.250. The Bertz CT molecular complexity index is 1230. The van der Waals surface area contributed by atoms with Gasteiger partial charge in [-0.2, -0.15) is 0 Å². The van der Waals surface area contributed by atoms with Crippen LogP contribution in [-0.2, 0) is 11.2 Å². The highest BCUT2D eigenvalue weighted by molar-refractivity contribution is 5.83. The van der Waals surface area contributed by atoms with Gasteiger partial charge in [-0.1, -0.05) is 60.7 Å². The summed E-state index contributed by atoms with van der Waals surface area (Å²) in [5.41, 5.74) is 3.26. The molecule has 4 rings (SSSR count). The zero-order valence-electron chi connectivity index (χ0n) is 19.1. The largest absolute Gasteiger partial charge is 0.444 e. The van der Waals surface area contributed by atoms with Gasteiger partial charge in [-0.15, -0.1) is 0 Å². The van der Waals surface area contributed by atoms with Gasteiger partial charge in [0.1, 0.15) is 11.4 Å². The lowest BCUT2D eigenvalue weighted by Gasteiger charge is -2.30. The van der Waals surface area contributed by atoms with E-state index in [0.717, 1.165) is 27.6 Å². The first-order chi connectivity index (χ1) is 15.8. The summed E-state index contributed by atoms with van der Waals surface area (Å²) >= 11 is 0. The Hall–Kier alpha value is -3.60. The van der Waals surface area contributed by atoms with Crippen LogP contribution in [0.25, 0.3) is 10.9 Å². The Morgan fingerprint density at radius 3 is 2.39 bits per heavy atom. The van der Waals surface area contributed by atoms with E-state index in [-0.39, 0.29) is 17.8 Å². The van der Waals surface area contributed by atoms with Gasteiger partial charge in [0.2, 0.25) is 0 Å². The molecule has 0 aliphatic rings. The zero-order chi connectivity index (χ0) is 23.4. The number of rotatable bonds is 6. The number of H-pyrrole nitrogens is 1. The molecule has 0 saturated carbocycles. The minimum absolute atomic E-state index is 0.275. The van der Waals surface area contributed by atoms with Gasteiger partial charge in [0.25, 0.3) is 0 Å². The number of fused-ring (bicyclic) bond motifs is 1. The van der Waals surface area contributed by atoms with Crippen molar-refractivity contribution in [1.29, 1.82) is 0 Å². The van der Waals surface area contributed by atoms with Crippen molar-refractivity contribution in [2.75, 3.05) is 0 Å². The number of para-hydroxylation sites is 1. The Kier molecular flexibility index (Phi) is 6.50. The molecule has 1 amide bonds. The van der Waals surface area contributed by atoms with Crippen molar-refractivity contribution in [2.45, 2.75) is 44.8 Å². The number of carbonyl (C=O) groups is 1. The van der Waals surface area contributed by atoms with Gasteiger partial charge in [-0.05, 0) is 62.1 Å². The molecule has 2 N–H and O–H groups in total. The number of nitrogens with one attached hydrogen (secondary N) is 2. The number of benzene rings is 3. The monoisotopic (exact) mass is 444 g/mol. The summed E-state index contributed by atoms with van der Waals surface area (Å²) in [6, 6.07) is 24.1. The van der Waals surface area contributed by atoms with Crippen LogP contribution in [0.4, 0.5) is 9.18 Å². The summed E-state index contributed by atoms with van der Waals surface area (Å²) in [6.45, 7) is 5.51. The van der Waals surface area contributed by atoms with Crippen molar-refractivity contribution in [2.24, 2.45) is 0 Å². The SMILES string of the molecule is CC(C)(C)OC(=O)N[C@H](Cc1c[nH]c2ccccc12)C(c1ccccc1)c1cccc(F)c1. The van der Waals surface area contributed by atoms with Crippen molar-refractivity contribution in [3.63, 3.8) is 0 Å². The number of aromatic amines is 1. The van der Waals surface area contributed by atoms with E-state index in [0.29, 0.717) is 6.42 Å². The number of halogens is 1. The van der Waals surface area contributed by atoms with Gasteiger partial charge in [0.15, 0.2) is 0 Å². The molecule has 4 nitrogen and oxygen atoms in total. The Labute approximate surface area is 193 Å². The standard InChI is InChI=1S/C28H29FN2O2/c1-28(2,3)33-27(32)31-25(17-21-18-30-24-15-8-7-14-23(21)24)26(19-10-5-4-6-11-19)20-12-9-13-22(29)16-20/h4-16,18,25-26,30H,17H2,1-3H3,(H,31,32)/t25-,26?/m1/s1. The van der Waals surface area contributed by atoms with Crippen LogP contribution in [0.15, 0.2) is 85.1 Å². The number of aromatic nitrogens is 1. The summed E-state index contributed by atoms with van der Waals surface area (Å²) in [6.07, 6.45) is 2.02. The van der Waals surface area contributed by atoms with E-state index in [2.05, 4.69) is 16.4 Å². The Balaban J connectivity index is 1.78. The molecule has 0 aliphatic carbocycles. The fourth-order valence-electron chi connectivity index (χ4n) is 4.27. The Morgan fingerprint density at radius 2 is 1.67 bits per heavy atom. The molecule has 3 aromatic carbocycles. The molecule has 1 unspecified atom stereocenters. The predicted molar refractivity (Wildman–Crippen MR) is 130 cm³/mol. The van der Waals surface area contributed by atoms with Crippen LogP contribution in [0.3, 0.4) is 0 Å². The van der Waals surface area contributed by atoms with Crippen LogP contribution in [0.5, 0.6) is 0 Å². The molecule has 0 aliphatic heterocycles. The topological polar surface area (TPSA) is 54.1 Å². The minimum atomic E-state index is -0.628. The van der Waals surface area contributed by atoms with Crippen LogP contribution in [0.1, 0.15) is 43.4 Å². The first kappa shape index (κ1) is 22.6. The lowest BCUT2D eigenvalue weighted by Crippen LogP contribution is -2.43. The third kappa shape index (κ3) is 5.61. The van der Waals surface area contributed by atoms with Crippen LogP contribution in [-0.4, -0.2) is 22.7 Å². The van der Waals surface area contributed by atoms with Crippen molar-refractivity contribution in [3.8, 4) is 0 Å². The normalized spacial score (nSPS) is 13.5. The number of carbonyl (C=O) groups excluding carboxylic acids is 1. The first-order valence-electron chi connectivity index (χ1n) is 11.1. The predicted octanol–water partition coefficient (Wildman–Crippen LogP) is 6.57. The van der Waals surface area contributed by atoms with Crippen LogP contribution >= 0.6 is 0 Å². The van der Waals surface area contributed by atoms with E-state index in [1.165, 1.54) is 12.1 Å². The van der Waals surface area contributed by atoms with Gasteiger partial charge in [0.05, 0.1) is 0 Å². The van der Waals surface area contributed by atoms with Crippen molar-refractivity contribution in [3.05, 3.63) is 108 Å². The molecule has 0 saturated heterocycles. The Morgan fingerprint density at radius 1 is 0.970 bits per heavy atom. The average molecular weight is 445 g/mol. The quantitative estimate of drug-likeness (QED) is 0.353. The van der Waals surface area contributed by atoms with Gasteiger partial charge < -0.3 is 15.0 Å². The number of hydrogen-bond donors (Lipinski definition) is 2. The van der Waals surface area contributed by atoms with Crippen LogP contribution in [0, 0.1) is 5.82 Å². The zero-order valence-corrected chi connectivity index (χ0v) is 19.1. The lowest BCUT2D eigenvalue weighted by atomic mass is 9.82. The fourth-order valence-corrected chi connectivity index (χ4v) is 4.27. The second-order valence-electron chi connectivity index (χ2n) is 9.26. The van der Waals surface area contributed by atoms with E-state index in [1.54, 1.807) is 6.07 Å². The van der Waals surface area contributed by atoms with Crippen molar-refractivity contribution >= 4 is 17.0 Å². The summed E-state index contributed by atoms with van der Waals surface area (Å²) in [4.78, 5) is 16.2. The molecule has 2 atom stereocenters. The average Bonchev–Trinajstić information content (AvgIpc) is 3.16. The molecule has 0 fully saturated rings. The van der Waals surface area contributed by atoms with Gasteiger partial charge >= 0.3 is 6.09 Å². The second-order valence-corrected chi connectivity index (χ2v) is 9.26. The number of ether oxygens (including phenoxy) is 1. The highest BCUT2D eigenvalue weighted by Crippen LogP contribution is 2.32. The maximum absolute atomic E-state index is 14.3. The molecule has 0 radical (unpaired) electrons. The first-order valence-corrected chi connectivity index (χ1v) is 11.1. The summed E-state index contributed by atoms with van der Waals surface area (Å²) < 4.78 is 19.8. The van der Waals surface area contributed by atoms with Crippen molar-refractivity contribution < 1.29 is 13.9 Å². The molecule has 5 heteroatoms. The smallest absolute Gasteiger partial charge is 0.407 e. The second kappa shape index (κ2) is 9.49. The summed E-state index contributed by atoms with van der Waals surface area (Å²) in [5.74, 6) is -0.584. The van der Waals surface area contributed by atoms with E-state index in [9.17, 15) is 9.18 Å². The molecule has 4 aromatic rings. The number of amides is 1. The highest BCUT2D eigenvalue weighted by atomic mass is 19.1. The number of alkyl carbamates (subject to hydrolysis) is 1. The molecule has 1 heterocycles. The molecular formula is C28H29FN2O2. The van der Waals surface area contributed by atoms with Crippen molar-refractivity contribution in [1.82, 2.24) is 10.3 Å². The van der Waals surface area contributed by atoms with Gasteiger partial charge in [-0.25, -0.2) is 9.18 Å².